The molecule has 0 amide bonds. The summed E-state index contributed by atoms with van der Waals surface area (Å²) in [4.78, 5) is 12.4. The Morgan fingerprint density at radius 2 is 1.46 bits per heavy atom. The molecule has 4 rings (SSSR count). The Morgan fingerprint density at radius 3 is 2.21 bits per heavy atom. The van der Waals surface area contributed by atoms with Crippen molar-refractivity contribution in [3.63, 3.8) is 0 Å². The van der Waals surface area contributed by atoms with E-state index in [1.165, 1.54) is 0 Å². The Bertz CT molecular complexity index is 843. The molecule has 0 spiro atoms. The zero-order chi connectivity index (χ0) is 16.4. The van der Waals surface area contributed by atoms with Gasteiger partial charge in [-0.2, -0.15) is 0 Å². The van der Waals surface area contributed by atoms with Gasteiger partial charge in [-0.05, 0) is 29.8 Å². The van der Waals surface area contributed by atoms with Crippen LogP contribution in [-0.4, -0.2) is 11.9 Å². The van der Waals surface area contributed by atoms with Crippen LogP contribution in [-0.2, 0) is 4.74 Å². The first kappa shape index (κ1) is 14.7. The van der Waals surface area contributed by atoms with Gasteiger partial charge in [0.1, 0.15) is 17.6 Å². The summed E-state index contributed by atoms with van der Waals surface area (Å²) in [6.07, 6.45) is -0.601. The van der Waals surface area contributed by atoms with E-state index in [9.17, 15) is 4.79 Å². The van der Waals surface area contributed by atoms with E-state index in [4.69, 9.17) is 9.47 Å². The molecule has 24 heavy (non-hydrogen) atoms. The fraction of sp³-hybridized carbons (Fsp3) is 0.0952. The highest BCUT2D eigenvalue weighted by Gasteiger charge is 2.46. The molecule has 3 heteroatoms. The lowest BCUT2D eigenvalue weighted by Crippen LogP contribution is -2.07. The molecule has 1 aliphatic heterocycles. The molecule has 1 saturated heterocycles. The van der Waals surface area contributed by atoms with Gasteiger partial charge in [0.2, 0.25) is 0 Å². The van der Waals surface area contributed by atoms with Crippen LogP contribution in [0.1, 0.15) is 22.0 Å². The summed E-state index contributed by atoms with van der Waals surface area (Å²) in [5.41, 5.74) is 1.64. The molecule has 118 valence electrons. The molecule has 0 aliphatic carbocycles. The van der Waals surface area contributed by atoms with Gasteiger partial charge in [0.25, 0.3) is 0 Å². The lowest BCUT2D eigenvalue weighted by atomic mass is 10.0. The van der Waals surface area contributed by atoms with Gasteiger partial charge in [-0.25, -0.2) is 0 Å². The highest BCUT2D eigenvalue weighted by Crippen LogP contribution is 2.41. The van der Waals surface area contributed by atoms with Gasteiger partial charge in [-0.15, -0.1) is 0 Å². The van der Waals surface area contributed by atoms with E-state index in [-0.39, 0.29) is 11.9 Å². The average molecular weight is 316 g/mol. The van der Waals surface area contributed by atoms with E-state index in [2.05, 4.69) is 0 Å². The number of carbonyl (C=O) groups is 1. The fourth-order valence-corrected chi connectivity index (χ4v) is 2.71. The summed E-state index contributed by atoms with van der Waals surface area (Å²) < 4.78 is 11.5. The van der Waals surface area contributed by atoms with Crippen LogP contribution in [0.25, 0.3) is 0 Å². The molecular formula is C21H16O3. The van der Waals surface area contributed by atoms with Crippen molar-refractivity contribution in [2.45, 2.75) is 12.2 Å². The molecule has 0 unspecified atom stereocenters. The van der Waals surface area contributed by atoms with Gasteiger partial charge in [0.05, 0.1) is 0 Å². The number of para-hydroxylation sites is 1. The number of hydrogen-bond acceptors (Lipinski definition) is 3. The third-order valence-corrected chi connectivity index (χ3v) is 3.97. The fourth-order valence-electron chi connectivity index (χ4n) is 2.71. The number of ketones is 1. The third kappa shape index (κ3) is 3.07. The second kappa shape index (κ2) is 6.30. The molecule has 1 fully saturated rings. The predicted octanol–water partition coefficient (Wildman–Crippen LogP) is 4.80. The number of carbonyl (C=O) groups excluding carboxylic acids is 1. The lowest BCUT2D eigenvalue weighted by molar-refractivity contribution is 0.0953. The standard InChI is InChI=1S/C21H16O3/c22-19(15-8-3-1-4-9-15)21-20(24-21)16-10-7-13-18(14-16)23-17-11-5-2-6-12-17/h1-14,20-21H/t20-,21-/m0/s1. The summed E-state index contributed by atoms with van der Waals surface area (Å²) in [5.74, 6) is 1.54. The van der Waals surface area contributed by atoms with Gasteiger partial charge in [0, 0.05) is 5.56 Å². The summed E-state index contributed by atoms with van der Waals surface area (Å²) in [6.45, 7) is 0. The molecule has 0 N–H and O–H groups in total. The maximum absolute atomic E-state index is 12.4. The van der Waals surface area contributed by atoms with E-state index in [0.717, 1.165) is 17.1 Å². The molecule has 2 atom stereocenters. The Hall–Kier alpha value is -2.91. The van der Waals surface area contributed by atoms with Crippen molar-refractivity contribution in [2.75, 3.05) is 0 Å². The number of ether oxygens (including phenoxy) is 2. The SMILES string of the molecule is O=C(c1ccccc1)[C@@H]1O[C@H]1c1cccc(Oc2ccccc2)c1. The number of epoxide rings is 1. The first-order valence-electron chi connectivity index (χ1n) is 7.89. The van der Waals surface area contributed by atoms with E-state index in [0.29, 0.717) is 5.56 Å². The largest absolute Gasteiger partial charge is 0.457 e. The van der Waals surface area contributed by atoms with E-state index < -0.39 is 6.10 Å². The summed E-state index contributed by atoms with van der Waals surface area (Å²) in [7, 11) is 0. The number of benzene rings is 3. The third-order valence-electron chi connectivity index (χ3n) is 3.97. The number of Topliss-reactive ketones (excluding diaryl/α,β-unsaturated/α-hetero) is 1. The minimum absolute atomic E-state index is 0.0231. The van der Waals surface area contributed by atoms with Gasteiger partial charge in [0.15, 0.2) is 11.9 Å². The van der Waals surface area contributed by atoms with Crippen LogP contribution in [0.3, 0.4) is 0 Å². The molecule has 0 aromatic heterocycles. The molecule has 0 bridgehead atoms. The molecule has 0 radical (unpaired) electrons. The van der Waals surface area contributed by atoms with Crippen molar-refractivity contribution in [3.8, 4) is 11.5 Å². The van der Waals surface area contributed by atoms with Crippen molar-refractivity contribution >= 4 is 5.78 Å². The van der Waals surface area contributed by atoms with E-state index in [1.54, 1.807) is 0 Å². The van der Waals surface area contributed by atoms with Gasteiger partial charge in [-0.1, -0.05) is 60.7 Å². The Balaban J connectivity index is 1.48. The molecular weight excluding hydrogens is 300 g/mol. The second-order valence-electron chi connectivity index (χ2n) is 5.70. The first-order valence-corrected chi connectivity index (χ1v) is 7.89. The maximum atomic E-state index is 12.4. The topological polar surface area (TPSA) is 38.8 Å². The minimum atomic E-state index is -0.403. The summed E-state index contributed by atoms with van der Waals surface area (Å²) in [5, 5.41) is 0. The number of hydrogen-bond donors (Lipinski definition) is 0. The molecule has 0 saturated carbocycles. The Kier molecular flexibility index (Phi) is 3.85. The Morgan fingerprint density at radius 1 is 0.792 bits per heavy atom. The highest BCUT2D eigenvalue weighted by molar-refractivity contribution is 6.01. The lowest BCUT2D eigenvalue weighted by Gasteiger charge is -2.06. The smallest absolute Gasteiger partial charge is 0.194 e. The average Bonchev–Trinajstić information content (AvgIpc) is 3.44. The van der Waals surface area contributed by atoms with Crippen LogP contribution in [0.15, 0.2) is 84.9 Å². The minimum Gasteiger partial charge on any atom is -0.457 e. The quantitative estimate of drug-likeness (QED) is 0.501. The van der Waals surface area contributed by atoms with Crippen LogP contribution >= 0.6 is 0 Å². The molecule has 3 nitrogen and oxygen atoms in total. The van der Waals surface area contributed by atoms with Crippen molar-refractivity contribution in [1.29, 1.82) is 0 Å². The maximum Gasteiger partial charge on any atom is 0.194 e. The zero-order valence-corrected chi connectivity index (χ0v) is 13.0. The van der Waals surface area contributed by atoms with Crippen molar-refractivity contribution < 1.29 is 14.3 Å². The Labute approximate surface area is 140 Å². The zero-order valence-electron chi connectivity index (χ0n) is 13.0. The van der Waals surface area contributed by atoms with E-state index >= 15 is 0 Å². The first-order chi connectivity index (χ1) is 11.8. The van der Waals surface area contributed by atoms with Crippen LogP contribution in [0.2, 0.25) is 0 Å². The monoisotopic (exact) mass is 316 g/mol. The molecule has 1 aliphatic rings. The van der Waals surface area contributed by atoms with Crippen molar-refractivity contribution in [3.05, 3.63) is 96.1 Å². The number of rotatable bonds is 5. The van der Waals surface area contributed by atoms with Crippen molar-refractivity contribution in [2.24, 2.45) is 0 Å². The normalized spacial score (nSPS) is 18.8. The van der Waals surface area contributed by atoms with Crippen molar-refractivity contribution in [1.82, 2.24) is 0 Å². The van der Waals surface area contributed by atoms with Gasteiger partial charge < -0.3 is 9.47 Å². The van der Waals surface area contributed by atoms with Crippen LogP contribution in [0.5, 0.6) is 11.5 Å². The summed E-state index contributed by atoms with van der Waals surface area (Å²) >= 11 is 0. The predicted molar refractivity (Wildman–Crippen MR) is 91.3 cm³/mol. The summed E-state index contributed by atoms with van der Waals surface area (Å²) in [6, 6.07) is 26.6. The molecule has 3 aromatic carbocycles. The second-order valence-corrected chi connectivity index (χ2v) is 5.70. The van der Waals surface area contributed by atoms with Crippen LogP contribution in [0, 0.1) is 0 Å². The van der Waals surface area contributed by atoms with Crippen LogP contribution in [0.4, 0.5) is 0 Å². The van der Waals surface area contributed by atoms with Crippen LogP contribution < -0.4 is 4.74 Å². The highest BCUT2D eigenvalue weighted by atomic mass is 16.6. The van der Waals surface area contributed by atoms with Gasteiger partial charge in [-0.3, -0.25) is 4.79 Å². The van der Waals surface area contributed by atoms with Gasteiger partial charge >= 0.3 is 0 Å². The molecule has 1 heterocycles. The van der Waals surface area contributed by atoms with E-state index in [1.807, 2.05) is 84.9 Å². The molecule has 3 aromatic rings.